The number of benzene rings is 1. The van der Waals surface area contributed by atoms with Gasteiger partial charge in [-0.3, -0.25) is 9.59 Å². The lowest BCUT2D eigenvalue weighted by Gasteiger charge is -2.20. The van der Waals surface area contributed by atoms with Gasteiger partial charge in [-0.15, -0.1) is 0 Å². The summed E-state index contributed by atoms with van der Waals surface area (Å²) in [5.74, 6) is -0.185. The Balaban J connectivity index is 1.91. The van der Waals surface area contributed by atoms with Crippen molar-refractivity contribution < 1.29 is 9.59 Å². The minimum Gasteiger partial charge on any atom is -0.378 e. The number of nitrogens with zero attached hydrogens (tertiary/aromatic N) is 2. The van der Waals surface area contributed by atoms with Crippen molar-refractivity contribution in [2.24, 2.45) is 0 Å². The van der Waals surface area contributed by atoms with Gasteiger partial charge < -0.3 is 15.1 Å². The van der Waals surface area contributed by atoms with Gasteiger partial charge in [0, 0.05) is 38.4 Å². The third kappa shape index (κ3) is 3.73. The Hall–Kier alpha value is -2.04. The van der Waals surface area contributed by atoms with Crippen molar-refractivity contribution in [2.75, 3.05) is 30.9 Å². The number of nitrogens with one attached hydrogen (secondary N) is 1. The van der Waals surface area contributed by atoms with Crippen LogP contribution in [0.15, 0.2) is 24.3 Å². The Labute approximate surface area is 119 Å². The summed E-state index contributed by atoms with van der Waals surface area (Å²) in [6.45, 7) is 1.65. The lowest BCUT2D eigenvalue weighted by atomic mass is 10.2. The van der Waals surface area contributed by atoms with Gasteiger partial charge in [-0.2, -0.15) is 0 Å². The topological polar surface area (TPSA) is 52.7 Å². The Morgan fingerprint density at radius 3 is 2.25 bits per heavy atom. The maximum absolute atomic E-state index is 12.0. The zero-order valence-electron chi connectivity index (χ0n) is 12.2. The number of rotatable bonds is 5. The molecule has 0 aromatic heterocycles. The van der Waals surface area contributed by atoms with Crippen molar-refractivity contribution in [2.45, 2.75) is 25.8 Å². The molecule has 1 aliphatic carbocycles. The first-order valence-electron chi connectivity index (χ1n) is 6.82. The zero-order chi connectivity index (χ0) is 14.7. The molecule has 0 saturated heterocycles. The molecule has 1 aliphatic rings. The predicted molar refractivity (Wildman–Crippen MR) is 79.8 cm³/mol. The smallest absolute Gasteiger partial charge is 0.244 e. The summed E-state index contributed by atoms with van der Waals surface area (Å²) >= 11 is 0. The predicted octanol–water partition coefficient (Wildman–Crippen LogP) is 1.70. The molecule has 2 rings (SSSR count). The standard InChI is InChI=1S/C15H21N3O2/c1-11(19)18(14-8-9-14)10-15(20)16-12-4-6-13(7-5-12)17(2)3/h4-7,14H,8-10H2,1-3H3,(H,16,20). The first kappa shape index (κ1) is 14.4. The number of hydrogen-bond acceptors (Lipinski definition) is 3. The summed E-state index contributed by atoms with van der Waals surface area (Å²) in [7, 11) is 3.93. The summed E-state index contributed by atoms with van der Waals surface area (Å²) in [4.78, 5) is 27.1. The molecule has 1 saturated carbocycles. The van der Waals surface area contributed by atoms with E-state index in [4.69, 9.17) is 0 Å². The quantitative estimate of drug-likeness (QED) is 0.890. The van der Waals surface area contributed by atoms with Crippen molar-refractivity contribution in [1.82, 2.24) is 4.90 Å². The molecule has 0 unspecified atom stereocenters. The van der Waals surface area contributed by atoms with Crippen LogP contribution in [0.1, 0.15) is 19.8 Å². The van der Waals surface area contributed by atoms with Crippen LogP contribution in [0.25, 0.3) is 0 Å². The summed E-state index contributed by atoms with van der Waals surface area (Å²) in [5.41, 5.74) is 1.83. The van der Waals surface area contributed by atoms with E-state index in [0.717, 1.165) is 24.2 Å². The highest BCUT2D eigenvalue weighted by atomic mass is 16.2. The van der Waals surface area contributed by atoms with E-state index in [1.807, 2.05) is 43.3 Å². The first-order chi connectivity index (χ1) is 9.47. The molecule has 1 fully saturated rings. The van der Waals surface area contributed by atoms with Crippen LogP contribution in [0.4, 0.5) is 11.4 Å². The van der Waals surface area contributed by atoms with Gasteiger partial charge in [-0.05, 0) is 37.1 Å². The van der Waals surface area contributed by atoms with Crippen LogP contribution in [0.3, 0.4) is 0 Å². The molecule has 0 heterocycles. The third-order valence-electron chi connectivity index (χ3n) is 3.37. The number of anilines is 2. The average Bonchev–Trinajstić information content (AvgIpc) is 3.20. The second kappa shape index (κ2) is 5.94. The van der Waals surface area contributed by atoms with Gasteiger partial charge in [0.25, 0.3) is 0 Å². The minimum absolute atomic E-state index is 0.0365. The second-order valence-corrected chi connectivity index (χ2v) is 5.37. The van der Waals surface area contributed by atoms with Crippen molar-refractivity contribution in [3.63, 3.8) is 0 Å². The zero-order valence-corrected chi connectivity index (χ0v) is 12.2. The molecule has 1 aromatic carbocycles. The van der Waals surface area contributed by atoms with Gasteiger partial charge in [0.2, 0.25) is 11.8 Å². The van der Waals surface area contributed by atoms with Gasteiger partial charge >= 0.3 is 0 Å². The highest BCUT2D eigenvalue weighted by Crippen LogP contribution is 2.26. The third-order valence-corrected chi connectivity index (χ3v) is 3.37. The van der Waals surface area contributed by atoms with E-state index in [2.05, 4.69) is 5.32 Å². The molecule has 0 radical (unpaired) electrons. The van der Waals surface area contributed by atoms with E-state index >= 15 is 0 Å². The molecule has 108 valence electrons. The van der Waals surface area contributed by atoms with Crippen molar-refractivity contribution in [3.8, 4) is 0 Å². The highest BCUT2D eigenvalue weighted by Gasteiger charge is 2.31. The monoisotopic (exact) mass is 275 g/mol. The van der Waals surface area contributed by atoms with Crippen molar-refractivity contribution in [3.05, 3.63) is 24.3 Å². The molecule has 0 spiro atoms. The highest BCUT2D eigenvalue weighted by molar-refractivity contribution is 5.94. The molecule has 1 N–H and O–H groups in total. The maximum Gasteiger partial charge on any atom is 0.244 e. The Bertz CT molecular complexity index is 492. The fraction of sp³-hybridized carbons (Fsp3) is 0.467. The first-order valence-corrected chi connectivity index (χ1v) is 6.82. The summed E-state index contributed by atoms with van der Waals surface area (Å²) < 4.78 is 0. The lowest BCUT2D eigenvalue weighted by molar-refractivity contribution is -0.133. The summed E-state index contributed by atoms with van der Waals surface area (Å²) in [6.07, 6.45) is 2.01. The SMILES string of the molecule is CC(=O)N(CC(=O)Nc1ccc(N(C)C)cc1)C1CC1. The molecule has 0 atom stereocenters. The summed E-state index contributed by atoms with van der Waals surface area (Å²) in [5, 5.41) is 2.82. The fourth-order valence-corrected chi connectivity index (χ4v) is 2.08. The van der Waals surface area contributed by atoms with E-state index in [0.29, 0.717) is 0 Å². The van der Waals surface area contributed by atoms with Crippen LogP contribution in [0, 0.1) is 0 Å². The minimum atomic E-state index is -0.148. The fourth-order valence-electron chi connectivity index (χ4n) is 2.08. The Morgan fingerprint density at radius 2 is 1.80 bits per heavy atom. The van der Waals surface area contributed by atoms with Crippen LogP contribution >= 0.6 is 0 Å². The lowest BCUT2D eigenvalue weighted by Crippen LogP contribution is -2.38. The molecule has 5 nitrogen and oxygen atoms in total. The van der Waals surface area contributed by atoms with Gasteiger partial charge in [0.1, 0.15) is 6.54 Å². The number of carbonyl (C=O) groups is 2. The van der Waals surface area contributed by atoms with E-state index in [9.17, 15) is 9.59 Å². The second-order valence-electron chi connectivity index (χ2n) is 5.37. The van der Waals surface area contributed by atoms with E-state index in [-0.39, 0.29) is 24.4 Å². The van der Waals surface area contributed by atoms with Gasteiger partial charge in [0.15, 0.2) is 0 Å². The molecule has 0 aliphatic heterocycles. The summed E-state index contributed by atoms with van der Waals surface area (Å²) in [6, 6.07) is 7.87. The van der Waals surface area contributed by atoms with Crippen LogP contribution in [0.5, 0.6) is 0 Å². The average molecular weight is 275 g/mol. The van der Waals surface area contributed by atoms with Gasteiger partial charge in [0.05, 0.1) is 0 Å². The largest absolute Gasteiger partial charge is 0.378 e. The normalized spacial score (nSPS) is 13.8. The van der Waals surface area contributed by atoms with Crippen molar-refractivity contribution >= 4 is 23.2 Å². The Morgan fingerprint density at radius 1 is 1.20 bits per heavy atom. The van der Waals surface area contributed by atoms with E-state index in [1.165, 1.54) is 6.92 Å². The van der Waals surface area contributed by atoms with Crippen LogP contribution in [-0.2, 0) is 9.59 Å². The van der Waals surface area contributed by atoms with Crippen LogP contribution < -0.4 is 10.2 Å². The molecule has 5 heteroatoms. The molecule has 1 aromatic rings. The van der Waals surface area contributed by atoms with E-state index in [1.54, 1.807) is 4.90 Å². The molecular formula is C15H21N3O2. The number of carbonyl (C=O) groups excluding carboxylic acids is 2. The number of amides is 2. The molecule has 2 amide bonds. The maximum atomic E-state index is 12.0. The van der Waals surface area contributed by atoms with Crippen LogP contribution in [-0.4, -0.2) is 43.4 Å². The molecule has 0 bridgehead atoms. The number of hydrogen-bond donors (Lipinski definition) is 1. The van der Waals surface area contributed by atoms with Crippen LogP contribution in [0.2, 0.25) is 0 Å². The van der Waals surface area contributed by atoms with Gasteiger partial charge in [-0.1, -0.05) is 0 Å². The van der Waals surface area contributed by atoms with Crippen molar-refractivity contribution in [1.29, 1.82) is 0 Å². The molecular weight excluding hydrogens is 254 g/mol. The molecule has 20 heavy (non-hydrogen) atoms. The Kier molecular flexibility index (Phi) is 4.27. The van der Waals surface area contributed by atoms with E-state index < -0.39 is 0 Å². The van der Waals surface area contributed by atoms with Gasteiger partial charge in [-0.25, -0.2) is 0 Å².